The van der Waals surface area contributed by atoms with E-state index in [1.165, 1.54) is 0 Å². The van der Waals surface area contributed by atoms with Gasteiger partial charge in [-0.1, -0.05) is 272 Å². The molecule has 16 aromatic carbocycles. The molecule has 18 rings (SSSR count). The van der Waals surface area contributed by atoms with Crippen molar-refractivity contribution in [3.63, 3.8) is 0 Å². The van der Waals surface area contributed by atoms with Crippen LogP contribution in [0.5, 0.6) is 0 Å². The fourth-order valence-corrected chi connectivity index (χ4v) is 11.9. The lowest BCUT2D eigenvalue weighted by atomic mass is 9.84. The van der Waals surface area contributed by atoms with Gasteiger partial charge in [-0.3, -0.25) is 0 Å². The van der Waals surface area contributed by atoms with Crippen molar-refractivity contribution in [2.45, 2.75) is 0 Å². The molecule has 2 aromatic heterocycles. The summed E-state index contributed by atoms with van der Waals surface area (Å²) in [4.78, 5) is 0. The smallest absolute Gasteiger partial charge is 0.136 e. The molecule has 2 heteroatoms. The van der Waals surface area contributed by atoms with E-state index in [4.69, 9.17) is 34.9 Å². The first-order chi connectivity index (χ1) is 55.2. The Morgan fingerprint density at radius 1 is 0.221 bits per heavy atom. The number of benzene rings is 16. The molecule has 0 amide bonds. The van der Waals surface area contributed by atoms with Gasteiger partial charge in [-0.25, -0.2) is 0 Å². The van der Waals surface area contributed by atoms with Gasteiger partial charge in [0.25, 0.3) is 0 Å². The summed E-state index contributed by atoms with van der Waals surface area (Å²) in [6.45, 7) is 0. The summed E-state index contributed by atoms with van der Waals surface area (Å²) in [7, 11) is 0. The highest BCUT2D eigenvalue weighted by Gasteiger charge is 2.22. The molecular formula is C84H52O2. The second-order valence-corrected chi connectivity index (χ2v) is 20.2. The maximum Gasteiger partial charge on any atom is 0.136 e. The van der Waals surface area contributed by atoms with E-state index >= 15 is 0 Å². The number of hydrogen-bond donors (Lipinski definition) is 0. The zero-order valence-electron chi connectivity index (χ0n) is 74.5. The average Bonchev–Trinajstić information content (AvgIpc) is 0.829. The Labute approximate surface area is 538 Å². The Hall–Kier alpha value is -11.3. The van der Waals surface area contributed by atoms with E-state index in [0.717, 1.165) is 32.7 Å². The van der Waals surface area contributed by atoms with Crippen LogP contribution in [0.1, 0.15) is 41.1 Å². The van der Waals surface area contributed by atoms with Crippen LogP contribution in [0.3, 0.4) is 0 Å². The first-order valence-corrected chi connectivity index (χ1v) is 27.1. The predicted octanol–water partition coefficient (Wildman–Crippen LogP) is 24.1. The molecule has 0 aliphatic carbocycles. The van der Waals surface area contributed by atoms with Crippen molar-refractivity contribution in [1.29, 1.82) is 0 Å². The van der Waals surface area contributed by atoms with E-state index < -0.39 is 214 Å². The monoisotopic (exact) mass is 1120 g/mol. The molecule has 86 heavy (non-hydrogen) atoms. The molecule has 0 fully saturated rings. The Kier molecular flexibility index (Phi) is 6.55. The Balaban J connectivity index is 0.000000167. The quantitative estimate of drug-likeness (QED) is 0.155. The van der Waals surface area contributed by atoms with Crippen LogP contribution in [0.4, 0.5) is 0 Å². The number of para-hydroxylation sites is 2. The van der Waals surface area contributed by atoms with E-state index in [1.807, 2.05) is 97.1 Å². The molecule has 0 aliphatic heterocycles. The van der Waals surface area contributed by atoms with E-state index in [9.17, 15) is 15.1 Å². The van der Waals surface area contributed by atoms with Crippen molar-refractivity contribution >= 4 is 109 Å². The Morgan fingerprint density at radius 3 is 1.09 bits per heavy atom. The highest BCUT2D eigenvalue weighted by molar-refractivity contribution is 6.25. The van der Waals surface area contributed by atoms with Gasteiger partial charge in [0, 0.05) is 21.5 Å². The number of rotatable bonds is 6. The summed E-state index contributed by atoms with van der Waals surface area (Å²) >= 11 is 0. The highest BCUT2D eigenvalue weighted by Crippen LogP contribution is 2.49. The molecule has 18 aromatic rings. The van der Waals surface area contributed by atoms with Gasteiger partial charge in [0.1, 0.15) is 22.3 Å². The molecular weight excluding hydrogens is 1040 g/mol. The van der Waals surface area contributed by atoms with Gasteiger partial charge in [-0.2, -0.15) is 0 Å². The third kappa shape index (κ3) is 8.03. The molecule has 0 saturated carbocycles. The minimum Gasteiger partial charge on any atom is -0.456 e. The minimum atomic E-state index is -0.756. The van der Waals surface area contributed by atoms with Gasteiger partial charge in [-0.15, -0.1) is 0 Å². The van der Waals surface area contributed by atoms with Crippen LogP contribution in [0.15, 0.2) is 324 Å². The lowest BCUT2D eigenvalue weighted by Gasteiger charge is -2.19. The largest absolute Gasteiger partial charge is 0.456 e. The van der Waals surface area contributed by atoms with Gasteiger partial charge >= 0.3 is 0 Å². The first-order valence-electron chi connectivity index (χ1n) is 42.1. The van der Waals surface area contributed by atoms with Crippen molar-refractivity contribution in [2.24, 2.45) is 0 Å². The molecule has 0 saturated heterocycles. The van der Waals surface area contributed by atoms with Crippen LogP contribution >= 0.6 is 0 Å². The van der Waals surface area contributed by atoms with E-state index in [0.29, 0.717) is 44.6 Å². The van der Waals surface area contributed by atoms with Gasteiger partial charge in [0.2, 0.25) is 0 Å². The van der Waals surface area contributed by atoms with Crippen molar-refractivity contribution in [3.8, 4) is 66.8 Å². The summed E-state index contributed by atoms with van der Waals surface area (Å²) in [5, 5.41) is -0.251. The molecule has 0 radical (unpaired) electrons. The summed E-state index contributed by atoms with van der Waals surface area (Å²) in [5.74, 6) is 0. The highest BCUT2D eigenvalue weighted by atomic mass is 16.3. The lowest BCUT2D eigenvalue weighted by Crippen LogP contribution is -1.92. The lowest BCUT2D eigenvalue weighted by molar-refractivity contribution is 0.668. The van der Waals surface area contributed by atoms with Crippen LogP contribution in [0.2, 0.25) is 0 Å². The number of furan rings is 2. The molecule has 0 bridgehead atoms. The van der Waals surface area contributed by atoms with Crippen molar-refractivity contribution in [2.75, 3.05) is 0 Å². The zero-order chi connectivity index (χ0) is 82.8. The first kappa shape index (κ1) is 27.8. The van der Waals surface area contributed by atoms with Gasteiger partial charge < -0.3 is 8.83 Å². The van der Waals surface area contributed by atoms with Crippen molar-refractivity contribution in [1.82, 2.24) is 0 Å². The van der Waals surface area contributed by atoms with E-state index in [1.54, 1.807) is 36.4 Å². The maximum atomic E-state index is 9.42. The van der Waals surface area contributed by atoms with Crippen LogP contribution < -0.4 is 0 Å². The third-order valence-electron chi connectivity index (χ3n) is 15.5. The van der Waals surface area contributed by atoms with Crippen LogP contribution in [-0.2, 0) is 0 Å². The SMILES string of the molecule is [2H]c1c([2H])c([2H])c2c(-c3c4c([2H])c([2H])c([2H])c([2H])c4c(-c4cccc(-c5cccc6oc7ccccc7c56)c4)c4c([2H])c([2H])c([2H])c([2H])c34)c([2H])c([2H])c([2H])c2c1[2H].[2H]c1c([2H])c([2H])c2c([2H])c(-c3c4c([2H])c([2H])c([2H])c([2H])c4c(-c4cccc(-c5cccc6oc7ccccc7c56)c4)c4c([2H])c([2H])c([2H])c([2H])c34)c([2H])c([2H])c2c1[2H]. The summed E-state index contributed by atoms with van der Waals surface area (Å²) in [6.07, 6.45) is 0. The van der Waals surface area contributed by atoms with Gasteiger partial charge in [0.15, 0.2) is 0 Å². The molecule has 0 aliphatic rings. The van der Waals surface area contributed by atoms with Crippen LogP contribution in [0.25, 0.3) is 175 Å². The van der Waals surface area contributed by atoms with Crippen molar-refractivity contribution in [3.05, 3.63) is 315 Å². The normalized spacial score (nSPS) is 16.6. The van der Waals surface area contributed by atoms with Gasteiger partial charge in [-0.05, 0) is 174 Å². The number of hydrogen-bond acceptors (Lipinski definition) is 2. The molecule has 0 spiro atoms. The Morgan fingerprint density at radius 2 is 0.593 bits per heavy atom. The second-order valence-electron chi connectivity index (χ2n) is 20.2. The maximum absolute atomic E-state index is 9.42. The summed E-state index contributed by atoms with van der Waals surface area (Å²) in [5.41, 5.74) is 4.47. The van der Waals surface area contributed by atoms with Crippen molar-refractivity contribution < 1.29 is 50.0 Å². The fraction of sp³-hybridized carbons (Fsp3) is 0. The molecule has 0 atom stereocenters. The third-order valence-corrected chi connectivity index (χ3v) is 15.5. The van der Waals surface area contributed by atoms with E-state index in [2.05, 4.69) is 0 Å². The van der Waals surface area contributed by atoms with Crippen LogP contribution in [0, 0.1) is 0 Å². The Bertz CT molecular complexity index is 7410. The second kappa shape index (κ2) is 20.2. The average molecular weight is 1120 g/mol. The van der Waals surface area contributed by atoms with Crippen LogP contribution in [-0.4, -0.2) is 0 Å². The zero-order valence-corrected chi connectivity index (χ0v) is 44.5. The molecule has 0 unspecified atom stereocenters. The van der Waals surface area contributed by atoms with E-state index in [-0.39, 0.29) is 65.3 Å². The summed E-state index contributed by atoms with van der Waals surface area (Å²) in [6, 6.07) is 20.1. The molecule has 2 nitrogen and oxygen atoms in total. The molecule has 2 heterocycles. The molecule has 400 valence electrons. The summed E-state index contributed by atoms with van der Waals surface area (Å²) < 4.78 is 280. The minimum absolute atomic E-state index is 0.0276. The topological polar surface area (TPSA) is 26.3 Å². The standard InChI is InChI=1S/2C42H26O/c1-2-16-30-27(12-1)13-10-23-32(30)41-35-19-5-3-17-33(35)40(34-18-4-6-20-36(34)41)29-15-9-14-28(26-29)31-22-11-25-39-42(31)37-21-7-8-24-38(37)43-39;1-2-12-28-25-31(24-23-27(28)11-1)41-35-17-5-3-15-33(35)40(34-16-4-6-18-36(34)41)30-14-9-13-29(26-30)32-20-10-22-39-42(32)37-19-7-8-21-38(37)43-39/h2*1-26H/i1D,2D,3D,4D,5D,6D,10D,12D,13D,16D,17D,18D,19D,20D,23D;1D,2D,3D,4D,5D,6D,11D,12D,15D,16D,17D,18D,23D,24D,25D. The van der Waals surface area contributed by atoms with Gasteiger partial charge in [0.05, 0.1) is 41.1 Å². The predicted molar refractivity (Wildman–Crippen MR) is 365 cm³/mol. The number of fused-ring (bicyclic) bond motifs is 12. The molecule has 0 N–H and O–H groups in total. The fourth-order valence-electron chi connectivity index (χ4n) is 11.9.